The lowest BCUT2D eigenvalue weighted by atomic mass is 10.1. The van der Waals surface area contributed by atoms with E-state index in [9.17, 15) is 18.0 Å². The summed E-state index contributed by atoms with van der Waals surface area (Å²) in [7, 11) is -3.12. The van der Waals surface area contributed by atoms with Crippen LogP contribution in [0.15, 0.2) is 24.3 Å². The summed E-state index contributed by atoms with van der Waals surface area (Å²) in [5.74, 6) is -0.870. The van der Waals surface area contributed by atoms with Crippen LogP contribution in [0, 0.1) is 17.2 Å². The van der Waals surface area contributed by atoms with E-state index >= 15 is 0 Å². The van der Waals surface area contributed by atoms with Crippen molar-refractivity contribution in [1.82, 2.24) is 4.90 Å². The Bertz CT molecular complexity index is 809. The third-order valence-corrected chi connectivity index (χ3v) is 5.86. The molecule has 1 fully saturated rings. The van der Waals surface area contributed by atoms with Crippen molar-refractivity contribution in [3.63, 3.8) is 0 Å². The van der Waals surface area contributed by atoms with Gasteiger partial charge in [0.1, 0.15) is 0 Å². The first-order valence-electron chi connectivity index (χ1n) is 8.39. The molecule has 1 aromatic rings. The van der Waals surface area contributed by atoms with E-state index in [1.165, 1.54) is 29.2 Å². The molecule has 1 amide bonds. The lowest BCUT2D eigenvalue weighted by molar-refractivity contribution is -0.137. The summed E-state index contributed by atoms with van der Waals surface area (Å²) >= 11 is 0. The van der Waals surface area contributed by atoms with Crippen LogP contribution in [0.25, 0.3) is 0 Å². The summed E-state index contributed by atoms with van der Waals surface area (Å²) in [6.07, 6.45) is 0.407. The van der Waals surface area contributed by atoms with Crippen LogP contribution < -0.4 is 0 Å². The lowest BCUT2D eigenvalue weighted by Crippen LogP contribution is -2.45. The predicted octanol–water partition coefficient (Wildman–Crippen LogP) is 1.39. The molecule has 7 nitrogen and oxygen atoms in total. The van der Waals surface area contributed by atoms with Crippen molar-refractivity contribution in [1.29, 1.82) is 5.26 Å². The topological polar surface area (TPSA) is 105 Å². The maximum absolute atomic E-state index is 12.5. The Morgan fingerprint density at radius 3 is 2.46 bits per heavy atom. The maximum atomic E-state index is 12.5. The molecule has 1 saturated heterocycles. The number of rotatable bonds is 6. The first kappa shape index (κ1) is 19.9. The Morgan fingerprint density at radius 1 is 1.31 bits per heavy atom. The van der Waals surface area contributed by atoms with Gasteiger partial charge in [-0.1, -0.05) is 13.8 Å². The van der Waals surface area contributed by atoms with Crippen LogP contribution in [0.3, 0.4) is 0 Å². The van der Waals surface area contributed by atoms with Gasteiger partial charge in [0.05, 0.1) is 28.7 Å². The number of nitriles is 1. The Labute approximate surface area is 153 Å². The molecule has 0 radical (unpaired) electrons. The van der Waals surface area contributed by atoms with Gasteiger partial charge in [0, 0.05) is 12.6 Å². The zero-order valence-electron chi connectivity index (χ0n) is 14.8. The van der Waals surface area contributed by atoms with Gasteiger partial charge >= 0.3 is 5.97 Å². The van der Waals surface area contributed by atoms with Gasteiger partial charge in [-0.05, 0) is 36.6 Å². The standard InChI is InChI=1S/C18H22N2O5S/c1-13(2)10-20(16-7-8-26(23,24)12-16)17(21)11-25-18(22)15-5-3-14(9-19)4-6-15/h3-6,13,16H,7-8,10-12H2,1-2H3/t16-/m1/s1. The molecule has 26 heavy (non-hydrogen) atoms. The van der Waals surface area contributed by atoms with Crippen LogP contribution >= 0.6 is 0 Å². The molecule has 0 aromatic heterocycles. The number of benzene rings is 1. The van der Waals surface area contributed by atoms with Crippen LogP contribution in [-0.4, -0.2) is 55.9 Å². The number of esters is 1. The van der Waals surface area contributed by atoms with Gasteiger partial charge < -0.3 is 9.64 Å². The van der Waals surface area contributed by atoms with Crippen molar-refractivity contribution in [2.45, 2.75) is 26.3 Å². The number of hydrogen-bond donors (Lipinski definition) is 0. The monoisotopic (exact) mass is 378 g/mol. The minimum Gasteiger partial charge on any atom is -0.452 e. The molecule has 1 aliphatic rings. The third-order valence-electron chi connectivity index (χ3n) is 4.11. The highest BCUT2D eigenvalue weighted by molar-refractivity contribution is 7.91. The van der Waals surface area contributed by atoms with Crippen molar-refractivity contribution in [3.8, 4) is 6.07 Å². The van der Waals surface area contributed by atoms with E-state index in [1.54, 1.807) is 0 Å². The van der Waals surface area contributed by atoms with Crippen LogP contribution in [0.5, 0.6) is 0 Å². The predicted molar refractivity (Wildman–Crippen MR) is 95.0 cm³/mol. The highest BCUT2D eigenvalue weighted by Crippen LogP contribution is 2.19. The molecule has 8 heteroatoms. The van der Waals surface area contributed by atoms with Crippen molar-refractivity contribution in [2.75, 3.05) is 24.7 Å². The Kier molecular flexibility index (Phi) is 6.37. The Hall–Kier alpha value is -2.40. The van der Waals surface area contributed by atoms with Crippen molar-refractivity contribution < 1.29 is 22.7 Å². The molecule has 0 N–H and O–H groups in total. The summed E-state index contributed by atoms with van der Waals surface area (Å²) in [6.45, 7) is 3.84. The molecule has 0 saturated carbocycles. The second-order valence-corrected chi connectivity index (χ2v) is 8.99. The lowest BCUT2D eigenvalue weighted by Gasteiger charge is -2.29. The zero-order valence-corrected chi connectivity index (χ0v) is 15.7. The fraction of sp³-hybridized carbons (Fsp3) is 0.500. The van der Waals surface area contributed by atoms with E-state index in [1.807, 2.05) is 19.9 Å². The normalized spacial score (nSPS) is 18.3. The molecule has 0 spiro atoms. The average Bonchev–Trinajstić information content (AvgIpc) is 2.96. The van der Waals surface area contributed by atoms with E-state index in [0.29, 0.717) is 18.5 Å². The Morgan fingerprint density at radius 2 is 1.96 bits per heavy atom. The van der Waals surface area contributed by atoms with E-state index in [0.717, 1.165) is 0 Å². The van der Waals surface area contributed by atoms with Crippen LogP contribution in [-0.2, 0) is 19.4 Å². The molecule has 1 aromatic carbocycles. The van der Waals surface area contributed by atoms with E-state index in [4.69, 9.17) is 10.00 Å². The fourth-order valence-electron chi connectivity index (χ4n) is 2.84. The molecule has 0 aliphatic carbocycles. The molecule has 0 unspecified atom stereocenters. The molecular weight excluding hydrogens is 356 g/mol. The number of ether oxygens (including phenoxy) is 1. The van der Waals surface area contributed by atoms with Gasteiger partial charge in [0.2, 0.25) is 0 Å². The second-order valence-electron chi connectivity index (χ2n) is 6.76. The van der Waals surface area contributed by atoms with Gasteiger partial charge in [-0.15, -0.1) is 0 Å². The summed E-state index contributed by atoms with van der Waals surface area (Å²) in [5, 5.41) is 8.76. The minimum absolute atomic E-state index is 0.0466. The number of amides is 1. The van der Waals surface area contributed by atoms with Gasteiger partial charge in [-0.3, -0.25) is 4.79 Å². The third kappa shape index (κ3) is 5.30. The summed E-state index contributed by atoms with van der Waals surface area (Å²) < 4.78 is 28.5. The maximum Gasteiger partial charge on any atom is 0.338 e. The molecule has 1 atom stereocenters. The van der Waals surface area contributed by atoms with E-state index < -0.39 is 28.3 Å². The SMILES string of the molecule is CC(C)CN(C(=O)COC(=O)c1ccc(C#N)cc1)[C@@H]1CCS(=O)(=O)C1. The van der Waals surface area contributed by atoms with Crippen molar-refractivity contribution >= 4 is 21.7 Å². The summed E-state index contributed by atoms with van der Waals surface area (Å²) in [4.78, 5) is 26.1. The van der Waals surface area contributed by atoms with Crippen LogP contribution in [0.4, 0.5) is 0 Å². The van der Waals surface area contributed by atoms with Crippen molar-refractivity contribution in [2.24, 2.45) is 5.92 Å². The molecule has 1 aliphatic heterocycles. The molecule has 140 valence electrons. The highest BCUT2D eigenvalue weighted by atomic mass is 32.2. The second kappa shape index (κ2) is 8.32. The number of sulfone groups is 1. The summed E-state index contributed by atoms with van der Waals surface area (Å²) in [6, 6.07) is 7.48. The number of carbonyl (C=O) groups is 2. The average molecular weight is 378 g/mol. The van der Waals surface area contributed by atoms with Gasteiger partial charge in [-0.25, -0.2) is 13.2 Å². The largest absolute Gasteiger partial charge is 0.452 e. The first-order chi connectivity index (χ1) is 12.2. The minimum atomic E-state index is -3.12. The molecule has 0 bridgehead atoms. The molecule has 2 rings (SSSR count). The molecular formula is C18H22N2O5S. The fourth-order valence-corrected chi connectivity index (χ4v) is 4.57. The quantitative estimate of drug-likeness (QED) is 0.693. The van der Waals surface area contributed by atoms with E-state index in [2.05, 4.69) is 0 Å². The van der Waals surface area contributed by atoms with Gasteiger partial charge in [-0.2, -0.15) is 5.26 Å². The van der Waals surface area contributed by atoms with Gasteiger partial charge in [0.25, 0.3) is 5.91 Å². The highest BCUT2D eigenvalue weighted by Gasteiger charge is 2.35. The van der Waals surface area contributed by atoms with E-state index in [-0.39, 0.29) is 29.0 Å². The smallest absolute Gasteiger partial charge is 0.338 e. The van der Waals surface area contributed by atoms with Crippen molar-refractivity contribution in [3.05, 3.63) is 35.4 Å². The number of nitrogens with zero attached hydrogens (tertiary/aromatic N) is 2. The first-order valence-corrected chi connectivity index (χ1v) is 10.2. The van der Waals surface area contributed by atoms with Crippen LogP contribution in [0.2, 0.25) is 0 Å². The summed E-state index contributed by atoms with van der Waals surface area (Å²) in [5.41, 5.74) is 0.666. The number of hydrogen-bond acceptors (Lipinski definition) is 6. The number of carbonyl (C=O) groups excluding carboxylic acids is 2. The molecule has 1 heterocycles. The van der Waals surface area contributed by atoms with Crippen LogP contribution in [0.1, 0.15) is 36.2 Å². The van der Waals surface area contributed by atoms with Gasteiger partial charge in [0.15, 0.2) is 16.4 Å². The zero-order chi connectivity index (χ0) is 19.3. The Balaban J connectivity index is 2.00.